The summed E-state index contributed by atoms with van der Waals surface area (Å²) in [5.74, 6) is -0.325. The second-order valence-electron chi connectivity index (χ2n) is 5.90. The van der Waals surface area contributed by atoms with Gasteiger partial charge in [0, 0.05) is 17.2 Å². The molecule has 0 unspecified atom stereocenters. The number of nitrogens with zero attached hydrogens (tertiary/aromatic N) is 2. The molecule has 0 spiro atoms. The normalized spacial score (nSPS) is 17.1. The molecule has 6 heteroatoms. The maximum atomic E-state index is 11.4. The lowest BCUT2D eigenvalue weighted by Crippen LogP contribution is -2.30. The standard InChI is InChI=1S/C15H23N3O2S/c1-10(2)13-16-8-11(12(18-13)14(19)20)17-9-15(21-3)6-4-5-7-15/h8,10,17H,4-7,9H2,1-3H3,(H,19,20). The lowest BCUT2D eigenvalue weighted by atomic mass is 10.1. The number of nitrogens with one attached hydrogen (secondary N) is 1. The van der Waals surface area contributed by atoms with E-state index < -0.39 is 5.97 Å². The molecule has 1 aliphatic carbocycles. The zero-order valence-electron chi connectivity index (χ0n) is 12.8. The van der Waals surface area contributed by atoms with Crippen molar-refractivity contribution < 1.29 is 9.90 Å². The minimum Gasteiger partial charge on any atom is -0.476 e. The zero-order chi connectivity index (χ0) is 15.5. The van der Waals surface area contributed by atoms with Crippen LogP contribution in [-0.4, -0.2) is 38.6 Å². The molecule has 2 N–H and O–H groups in total. The lowest BCUT2D eigenvalue weighted by molar-refractivity contribution is 0.0691. The van der Waals surface area contributed by atoms with Gasteiger partial charge in [-0.1, -0.05) is 26.7 Å². The van der Waals surface area contributed by atoms with E-state index in [2.05, 4.69) is 21.5 Å². The van der Waals surface area contributed by atoms with Gasteiger partial charge < -0.3 is 10.4 Å². The number of carboxylic acid groups (broad SMARTS) is 1. The first-order valence-corrected chi connectivity index (χ1v) is 8.59. The molecule has 1 aliphatic rings. The molecule has 21 heavy (non-hydrogen) atoms. The molecule has 1 aromatic rings. The van der Waals surface area contributed by atoms with Crippen LogP contribution in [-0.2, 0) is 0 Å². The van der Waals surface area contributed by atoms with E-state index in [4.69, 9.17) is 0 Å². The summed E-state index contributed by atoms with van der Waals surface area (Å²) in [6, 6.07) is 0. The van der Waals surface area contributed by atoms with Crippen LogP contribution in [0.4, 0.5) is 5.69 Å². The van der Waals surface area contributed by atoms with Gasteiger partial charge in [0.1, 0.15) is 5.82 Å². The van der Waals surface area contributed by atoms with Gasteiger partial charge in [-0.05, 0) is 19.1 Å². The fourth-order valence-electron chi connectivity index (χ4n) is 2.69. The van der Waals surface area contributed by atoms with Crippen LogP contribution in [0.1, 0.15) is 61.8 Å². The Kier molecular flexibility index (Phi) is 5.08. The summed E-state index contributed by atoms with van der Waals surface area (Å²) in [7, 11) is 0. The maximum absolute atomic E-state index is 11.4. The third-order valence-electron chi connectivity index (χ3n) is 4.08. The number of hydrogen-bond acceptors (Lipinski definition) is 5. The highest BCUT2D eigenvalue weighted by Crippen LogP contribution is 2.40. The molecular formula is C15H23N3O2S. The fourth-order valence-corrected chi connectivity index (χ4v) is 3.61. The number of aromatic carboxylic acids is 1. The van der Waals surface area contributed by atoms with Crippen LogP contribution < -0.4 is 5.32 Å². The van der Waals surface area contributed by atoms with Crippen molar-refractivity contribution in [1.29, 1.82) is 0 Å². The Hall–Kier alpha value is -1.30. The van der Waals surface area contributed by atoms with Crippen LogP contribution in [0.5, 0.6) is 0 Å². The Balaban J connectivity index is 2.17. The van der Waals surface area contributed by atoms with E-state index in [-0.39, 0.29) is 16.4 Å². The van der Waals surface area contributed by atoms with E-state index in [0.717, 1.165) is 6.54 Å². The highest BCUT2D eigenvalue weighted by Gasteiger charge is 2.33. The Morgan fingerprint density at radius 3 is 2.67 bits per heavy atom. The van der Waals surface area contributed by atoms with Gasteiger partial charge in [0.2, 0.25) is 0 Å². The average Bonchev–Trinajstić information content (AvgIpc) is 2.94. The van der Waals surface area contributed by atoms with E-state index >= 15 is 0 Å². The van der Waals surface area contributed by atoms with Crippen LogP contribution >= 0.6 is 11.8 Å². The number of anilines is 1. The summed E-state index contributed by atoms with van der Waals surface area (Å²) >= 11 is 1.87. The Morgan fingerprint density at radius 1 is 1.48 bits per heavy atom. The number of thioether (sulfide) groups is 1. The van der Waals surface area contributed by atoms with Crippen LogP contribution in [0, 0.1) is 0 Å². The molecule has 5 nitrogen and oxygen atoms in total. The largest absolute Gasteiger partial charge is 0.476 e. The van der Waals surface area contributed by atoms with Crippen molar-refractivity contribution in [3.8, 4) is 0 Å². The third-order valence-corrected chi connectivity index (χ3v) is 5.49. The number of hydrogen-bond donors (Lipinski definition) is 2. The molecule has 1 saturated carbocycles. The van der Waals surface area contributed by atoms with Gasteiger partial charge >= 0.3 is 5.97 Å². The Labute approximate surface area is 130 Å². The van der Waals surface area contributed by atoms with Gasteiger partial charge in [-0.3, -0.25) is 0 Å². The van der Waals surface area contributed by atoms with Gasteiger partial charge in [0.25, 0.3) is 0 Å². The molecule has 0 bridgehead atoms. The monoisotopic (exact) mass is 309 g/mol. The van der Waals surface area contributed by atoms with Crippen molar-refractivity contribution in [3.05, 3.63) is 17.7 Å². The van der Waals surface area contributed by atoms with Crippen molar-refractivity contribution in [2.24, 2.45) is 0 Å². The smallest absolute Gasteiger partial charge is 0.356 e. The molecule has 0 saturated heterocycles. The maximum Gasteiger partial charge on any atom is 0.356 e. The van der Waals surface area contributed by atoms with E-state index in [1.54, 1.807) is 6.20 Å². The molecule has 1 fully saturated rings. The van der Waals surface area contributed by atoms with Crippen LogP contribution in [0.15, 0.2) is 6.20 Å². The molecule has 0 aliphatic heterocycles. The van der Waals surface area contributed by atoms with Gasteiger partial charge in [0.15, 0.2) is 5.69 Å². The summed E-state index contributed by atoms with van der Waals surface area (Å²) in [6.45, 7) is 4.67. The summed E-state index contributed by atoms with van der Waals surface area (Å²) in [5.41, 5.74) is 0.593. The quantitative estimate of drug-likeness (QED) is 0.839. The Morgan fingerprint density at radius 2 is 2.14 bits per heavy atom. The predicted molar refractivity (Wildman–Crippen MR) is 86.3 cm³/mol. The first kappa shape index (κ1) is 16.1. The van der Waals surface area contributed by atoms with Crippen LogP contribution in [0.3, 0.4) is 0 Å². The topological polar surface area (TPSA) is 75.1 Å². The molecule has 0 amide bonds. The first-order valence-electron chi connectivity index (χ1n) is 7.37. The highest BCUT2D eigenvalue weighted by atomic mass is 32.2. The van der Waals surface area contributed by atoms with Crippen LogP contribution in [0.25, 0.3) is 0 Å². The SMILES string of the molecule is CSC1(CNc2cnc(C(C)C)nc2C(=O)O)CCCC1. The second kappa shape index (κ2) is 6.64. The number of carboxylic acids is 1. The van der Waals surface area contributed by atoms with Gasteiger partial charge in [-0.15, -0.1) is 0 Å². The minimum absolute atomic E-state index is 0.0722. The zero-order valence-corrected chi connectivity index (χ0v) is 13.7. The van der Waals surface area contributed by atoms with E-state index in [1.807, 2.05) is 25.6 Å². The lowest BCUT2D eigenvalue weighted by Gasteiger charge is -2.27. The number of aromatic nitrogens is 2. The van der Waals surface area contributed by atoms with Crippen molar-refractivity contribution in [2.75, 3.05) is 18.1 Å². The molecule has 116 valence electrons. The van der Waals surface area contributed by atoms with Gasteiger partial charge in [-0.2, -0.15) is 11.8 Å². The summed E-state index contributed by atoms with van der Waals surface area (Å²) < 4.78 is 0.215. The summed E-state index contributed by atoms with van der Waals surface area (Å²) in [5, 5.41) is 12.6. The Bertz CT molecular complexity index is 514. The predicted octanol–water partition coefficient (Wildman–Crippen LogP) is 3.39. The van der Waals surface area contributed by atoms with Crippen molar-refractivity contribution in [1.82, 2.24) is 9.97 Å². The molecule has 0 radical (unpaired) electrons. The van der Waals surface area contributed by atoms with E-state index in [0.29, 0.717) is 11.5 Å². The van der Waals surface area contributed by atoms with Gasteiger partial charge in [0.05, 0.1) is 11.9 Å². The fraction of sp³-hybridized carbons (Fsp3) is 0.667. The molecule has 0 atom stereocenters. The average molecular weight is 309 g/mol. The number of rotatable bonds is 6. The van der Waals surface area contributed by atoms with E-state index in [1.165, 1.54) is 25.7 Å². The molecule has 1 aromatic heterocycles. The van der Waals surface area contributed by atoms with Crippen molar-refractivity contribution >= 4 is 23.4 Å². The summed E-state index contributed by atoms with van der Waals surface area (Å²) in [4.78, 5) is 19.9. The van der Waals surface area contributed by atoms with Crippen LogP contribution in [0.2, 0.25) is 0 Å². The van der Waals surface area contributed by atoms with Crippen molar-refractivity contribution in [2.45, 2.75) is 50.2 Å². The molecule has 1 heterocycles. The van der Waals surface area contributed by atoms with Crippen molar-refractivity contribution in [3.63, 3.8) is 0 Å². The minimum atomic E-state index is -1.01. The number of carbonyl (C=O) groups is 1. The molecular weight excluding hydrogens is 286 g/mol. The molecule has 2 rings (SSSR count). The molecule has 0 aromatic carbocycles. The van der Waals surface area contributed by atoms with E-state index in [9.17, 15) is 9.90 Å². The second-order valence-corrected chi connectivity index (χ2v) is 7.17. The van der Waals surface area contributed by atoms with Gasteiger partial charge in [-0.25, -0.2) is 14.8 Å². The summed E-state index contributed by atoms with van der Waals surface area (Å²) in [6.07, 6.45) is 8.58. The third kappa shape index (κ3) is 3.67. The first-order chi connectivity index (χ1) is 9.97. The highest BCUT2D eigenvalue weighted by molar-refractivity contribution is 8.00.